The van der Waals surface area contributed by atoms with Gasteiger partial charge in [0.05, 0.1) is 24.3 Å². The number of piperazine rings is 1. The molecule has 0 bridgehead atoms. The number of nitrogens with one attached hydrogen (secondary N) is 1. The first kappa shape index (κ1) is 20.4. The molecule has 150 valence electrons. The van der Waals surface area contributed by atoms with E-state index in [1.807, 2.05) is 4.90 Å². The fourth-order valence-electron chi connectivity index (χ4n) is 2.96. The molecule has 1 N–H and O–H groups in total. The lowest BCUT2D eigenvalue weighted by Gasteiger charge is -2.34. The minimum atomic E-state index is -0.586. The van der Waals surface area contributed by atoms with Crippen molar-refractivity contribution in [2.75, 3.05) is 51.8 Å². The Morgan fingerprint density at radius 2 is 2.00 bits per heavy atom. The number of hydrogen-bond donors (Lipinski definition) is 1. The fourth-order valence-corrected chi connectivity index (χ4v) is 3.67. The van der Waals surface area contributed by atoms with Gasteiger partial charge in [-0.25, -0.2) is 9.37 Å². The molecule has 9 heteroatoms. The number of halogens is 1. The molecule has 1 aliphatic rings. The lowest BCUT2D eigenvalue weighted by Crippen LogP contribution is -2.49. The maximum absolute atomic E-state index is 13.7. The molecule has 2 aromatic rings. The summed E-state index contributed by atoms with van der Waals surface area (Å²) in [6, 6.07) is 5.76. The molecule has 28 heavy (non-hydrogen) atoms. The standard InChI is InChI=1S/C19H23FN4O3S/c1-27-11-10-23-6-8-24(9-7-23)17(25)12-14-13-28-19(21-14)22-18(26)15-4-2-3-5-16(15)20/h2-5,13H,6-12H2,1H3,(H,21,22,26). The normalized spacial score (nSPS) is 14.9. The van der Waals surface area contributed by atoms with Crippen LogP contribution in [-0.4, -0.2) is 73.0 Å². The van der Waals surface area contributed by atoms with Crippen molar-refractivity contribution in [2.24, 2.45) is 0 Å². The number of nitrogens with zero attached hydrogens (tertiary/aromatic N) is 3. The van der Waals surface area contributed by atoms with Crippen molar-refractivity contribution >= 4 is 28.3 Å². The van der Waals surface area contributed by atoms with E-state index in [-0.39, 0.29) is 17.9 Å². The summed E-state index contributed by atoms with van der Waals surface area (Å²) in [6.07, 6.45) is 0.185. The van der Waals surface area contributed by atoms with E-state index in [0.29, 0.717) is 30.5 Å². The van der Waals surface area contributed by atoms with Gasteiger partial charge < -0.3 is 9.64 Å². The molecule has 1 saturated heterocycles. The number of amides is 2. The molecule has 1 fully saturated rings. The van der Waals surface area contributed by atoms with Gasteiger partial charge in [0.25, 0.3) is 5.91 Å². The van der Waals surface area contributed by atoms with E-state index in [2.05, 4.69) is 15.2 Å². The van der Waals surface area contributed by atoms with Gasteiger partial charge in [-0.05, 0) is 12.1 Å². The Morgan fingerprint density at radius 1 is 1.25 bits per heavy atom. The number of hydrogen-bond acceptors (Lipinski definition) is 6. The molecule has 0 aliphatic carbocycles. The number of methoxy groups -OCH3 is 1. The van der Waals surface area contributed by atoms with Crippen LogP contribution in [0.5, 0.6) is 0 Å². The predicted molar refractivity (Wildman–Crippen MR) is 105 cm³/mol. The van der Waals surface area contributed by atoms with Crippen molar-refractivity contribution in [1.82, 2.24) is 14.8 Å². The highest BCUT2D eigenvalue weighted by Gasteiger charge is 2.22. The molecular weight excluding hydrogens is 383 g/mol. The summed E-state index contributed by atoms with van der Waals surface area (Å²) in [5.41, 5.74) is 0.558. The molecule has 2 heterocycles. The second-order valence-electron chi connectivity index (χ2n) is 6.47. The Morgan fingerprint density at radius 3 is 2.71 bits per heavy atom. The molecular formula is C19H23FN4O3S. The molecule has 0 atom stereocenters. The third kappa shape index (κ3) is 5.34. The maximum Gasteiger partial charge on any atom is 0.260 e. The average Bonchev–Trinajstić information content (AvgIpc) is 3.13. The van der Waals surface area contributed by atoms with Gasteiger partial charge in [-0.15, -0.1) is 11.3 Å². The van der Waals surface area contributed by atoms with Crippen molar-refractivity contribution in [3.63, 3.8) is 0 Å². The quantitative estimate of drug-likeness (QED) is 0.760. The van der Waals surface area contributed by atoms with E-state index < -0.39 is 11.7 Å². The van der Waals surface area contributed by atoms with E-state index in [4.69, 9.17) is 4.74 Å². The number of aromatic nitrogens is 1. The van der Waals surface area contributed by atoms with Crippen molar-refractivity contribution < 1.29 is 18.7 Å². The van der Waals surface area contributed by atoms with Crippen LogP contribution in [0.4, 0.5) is 9.52 Å². The zero-order valence-corrected chi connectivity index (χ0v) is 16.5. The third-order valence-electron chi connectivity index (χ3n) is 4.56. The van der Waals surface area contributed by atoms with Crippen LogP contribution in [0.3, 0.4) is 0 Å². The van der Waals surface area contributed by atoms with Crippen LogP contribution < -0.4 is 5.32 Å². The first-order valence-electron chi connectivity index (χ1n) is 9.06. The summed E-state index contributed by atoms with van der Waals surface area (Å²) >= 11 is 1.22. The molecule has 0 radical (unpaired) electrons. The Hall–Kier alpha value is -2.36. The van der Waals surface area contributed by atoms with Crippen LogP contribution in [0.25, 0.3) is 0 Å². The minimum Gasteiger partial charge on any atom is -0.383 e. The molecule has 1 aliphatic heterocycles. The monoisotopic (exact) mass is 406 g/mol. The molecule has 1 aromatic carbocycles. The second-order valence-corrected chi connectivity index (χ2v) is 7.33. The smallest absolute Gasteiger partial charge is 0.260 e. The van der Waals surface area contributed by atoms with Crippen LogP contribution in [0.1, 0.15) is 16.1 Å². The first-order valence-corrected chi connectivity index (χ1v) is 9.94. The molecule has 1 aromatic heterocycles. The van der Waals surface area contributed by atoms with Crippen LogP contribution in [0, 0.1) is 5.82 Å². The number of carbonyl (C=O) groups excluding carboxylic acids is 2. The average molecular weight is 406 g/mol. The van der Waals surface area contributed by atoms with E-state index in [9.17, 15) is 14.0 Å². The number of ether oxygens (including phenoxy) is 1. The Bertz CT molecular complexity index is 821. The highest BCUT2D eigenvalue weighted by Crippen LogP contribution is 2.18. The zero-order valence-electron chi connectivity index (χ0n) is 15.7. The van der Waals surface area contributed by atoms with Crippen molar-refractivity contribution in [2.45, 2.75) is 6.42 Å². The van der Waals surface area contributed by atoms with E-state index >= 15 is 0 Å². The van der Waals surface area contributed by atoms with Gasteiger partial charge in [0.2, 0.25) is 5.91 Å². The number of rotatable bonds is 7. The molecule has 3 rings (SSSR count). The number of anilines is 1. The fraction of sp³-hybridized carbons (Fsp3) is 0.421. The van der Waals surface area contributed by atoms with Crippen LogP contribution in [-0.2, 0) is 16.0 Å². The van der Waals surface area contributed by atoms with E-state index in [1.165, 1.54) is 29.5 Å². The molecule has 0 unspecified atom stereocenters. The Balaban J connectivity index is 1.50. The highest BCUT2D eigenvalue weighted by atomic mass is 32.1. The summed E-state index contributed by atoms with van der Waals surface area (Å²) in [4.78, 5) is 33.0. The van der Waals surface area contributed by atoms with Crippen molar-refractivity contribution in [3.05, 3.63) is 46.7 Å². The largest absolute Gasteiger partial charge is 0.383 e. The predicted octanol–water partition coefficient (Wildman–Crippen LogP) is 1.87. The molecule has 2 amide bonds. The number of thiazole rings is 1. The van der Waals surface area contributed by atoms with E-state index in [1.54, 1.807) is 18.6 Å². The maximum atomic E-state index is 13.7. The zero-order chi connectivity index (χ0) is 19.9. The highest BCUT2D eigenvalue weighted by molar-refractivity contribution is 7.14. The minimum absolute atomic E-state index is 0.0173. The van der Waals surface area contributed by atoms with Crippen molar-refractivity contribution in [1.29, 1.82) is 0 Å². The van der Waals surface area contributed by atoms with Crippen LogP contribution in [0.15, 0.2) is 29.6 Å². The van der Waals surface area contributed by atoms with Crippen LogP contribution >= 0.6 is 11.3 Å². The summed E-state index contributed by atoms with van der Waals surface area (Å²) in [7, 11) is 1.68. The SMILES string of the molecule is COCCN1CCN(C(=O)Cc2csc(NC(=O)c3ccccc3F)n2)CC1. The number of carbonyl (C=O) groups is 2. The van der Waals surface area contributed by atoms with Gasteiger partial charge in [-0.3, -0.25) is 19.8 Å². The van der Waals surface area contributed by atoms with Gasteiger partial charge >= 0.3 is 0 Å². The molecule has 7 nitrogen and oxygen atoms in total. The first-order chi connectivity index (χ1) is 13.6. The summed E-state index contributed by atoms with van der Waals surface area (Å²) in [5, 5.41) is 4.67. The third-order valence-corrected chi connectivity index (χ3v) is 5.37. The Kier molecular flexibility index (Phi) is 7.07. The Labute approximate surface area is 167 Å². The molecule has 0 saturated carbocycles. The van der Waals surface area contributed by atoms with E-state index in [0.717, 1.165) is 19.6 Å². The summed E-state index contributed by atoms with van der Waals surface area (Å²) in [6.45, 7) is 4.59. The van der Waals surface area contributed by atoms with Gasteiger partial charge in [0.1, 0.15) is 5.82 Å². The van der Waals surface area contributed by atoms with Gasteiger partial charge in [-0.1, -0.05) is 12.1 Å². The summed E-state index contributed by atoms with van der Waals surface area (Å²) in [5.74, 6) is -1.13. The molecule has 0 spiro atoms. The van der Waals surface area contributed by atoms with Crippen LogP contribution in [0.2, 0.25) is 0 Å². The van der Waals surface area contributed by atoms with Crippen molar-refractivity contribution in [3.8, 4) is 0 Å². The lowest BCUT2D eigenvalue weighted by molar-refractivity contribution is -0.132. The second kappa shape index (κ2) is 9.72. The van der Waals surface area contributed by atoms with Gasteiger partial charge in [-0.2, -0.15) is 0 Å². The number of benzene rings is 1. The van der Waals surface area contributed by atoms with Gasteiger partial charge in [0.15, 0.2) is 5.13 Å². The summed E-state index contributed by atoms with van der Waals surface area (Å²) < 4.78 is 18.8. The lowest BCUT2D eigenvalue weighted by atomic mass is 10.2. The topological polar surface area (TPSA) is 74.8 Å². The van der Waals surface area contributed by atoms with Gasteiger partial charge in [0, 0.05) is 45.2 Å².